The lowest BCUT2D eigenvalue weighted by Gasteiger charge is -2.07. The summed E-state index contributed by atoms with van der Waals surface area (Å²) in [6.07, 6.45) is 0. The summed E-state index contributed by atoms with van der Waals surface area (Å²) in [6, 6.07) is 16.3. The largest absolute Gasteiger partial charge is 0.339 e. The van der Waals surface area contributed by atoms with Gasteiger partial charge in [-0.1, -0.05) is 22.0 Å². The van der Waals surface area contributed by atoms with Crippen molar-refractivity contribution in [1.82, 2.24) is 10.2 Å². The zero-order chi connectivity index (χ0) is 16.9. The molecule has 0 saturated heterocycles. The van der Waals surface area contributed by atoms with Crippen LogP contribution in [-0.2, 0) is 0 Å². The van der Waals surface area contributed by atoms with Crippen LogP contribution in [-0.4, -0.2) is 16.1 Å². The van der Waals surface area contributed by atoms with E-state index < -0.39 is 5.91 Å². The summed E-state index contributed by atoms with van der Waals surface area (Å²) >= 11 is 3.39. The number of rotatable bonds is 4. The fraction of sp³-hybridized carbons (Fsp3) is 0. The minimum atomic E-state index is -0.414. The molecule has 0 aliphatic heterocycles. The number of amides is 1. The van der Waals surface area contributed by atoms with E-state index in [0.717, 1.165) is 10.2 Å². The SMILES string of the molecule is O=C(Nc1ccc(F)cc1)c1ccc(Nc2cccc(Br)c2)nn1. The summed E-state index contributed by atoms with van der Waals surface area (Å²) in [5, 5.41) is 13.6. The summed E-state index contributed by atoms with van der Waals surface area (Å²) in [7, 11) is 0. The molecular formula is C17H12BrFN4O. The maximum absolute atomic E-state index is 12.9. The van der Waals surface area contributed by atoms with Gasteiger partial charge in [-0.25, -0.2) is 4.39 Å². The van der Waals surface area contributed by atoms with Crippen LogP contribution in [0.25, 0.3) is 0 Å². The Labute approximate surface area is 146 Å². The number of hydrogen-bond donors (Lipinski definition) is 2. The van der Waals surface area contributed by atoms with Crippen LogP contribution in [0.1, 0.15) is 10.5 Å². The molecule has 1 aromatic heterocycles. The first kappa shape index (κ1) is 16.1. The van der Waals surface area contributed by atoms with Gasteiger partial charge in [0.15, 0.2) is 11.5 Å². The average molecular weight is 387 g/mol. The molecule has 2 N–H and O–H groups in total. The Balaban J connectivity index is 1.67. The molecule has 1 heterocycles. The van der Waals surface area contributed by atoms with Gasteiger partial charge in [0.05, 0.1) is 0 Å². The Morgan fingerprint density at radius 2 is 1.75 bits per heavy atom. The molecule has 2 aromatic carbocycles. The highest BCUT2D eigenvalue weighted by atomic mass is 79.9. The monoisotopic (exact) mass is 386 g/mol. The summed E-state index contributed by atoms with van der Waals surface area (Å²) in [5.41, 5.74) is 1.50. The van der Waals surface area contributed by atoms with Crippen LogP contribution >= 0.6 is 15.9 Å². The van der Waals surface area contributed by atoms with E-state index >= 15 is 0 Å². The minimum Gasteiger partial charge on any atom is -0.339 e. The molecule has 0 aliphatic carbocycles. The first-order chi connectivity index (χ1) is 11.6. The molecule has 120 valence electrons. The van der Waals surface area contributed by atoms with Crippen molar-refractivity contribution in [2.45, 2.75) is 0 Å². The number of nitrogens with one attached hydrogen (secondary N) is 2. The van der Waals surface area contributed by atoms with Crippen molar-refractivity contribution >= 4 is 39.0 Å². The van der Waals surface area contributed by atoms with Crippen LogP contribution in [0.4, 0.5) is 21.6 Å². The fourth-order valence-corrected chi connectivity index (χ4v) is 2.36. The summed E-state index contributed by atoms with van der Waals surface area (Å²) in [5.74, 6) is -0.259. The zero-order valence-corrected chi connectivity index (χ0v) is 13.9. The summed E-state index contributed by atoms with van der Waals surface area (Å²) in [6.45, 7) is 0. The van der Waals surface area contributed by atoms with Gasteiger partial charge in [-0.2, -0.15) is 0 Å². The first-order valence-electron chi connectivity index (χ1n) is 7.03. The van der Waals surface area contributed by atoms with Gasteiger partial charge >= 0.3 is 0 Å². The summed E-state index contributed by atoms with van der Waals surface area (Å²) < 4.78 is 13.8. The number of nitrogens with zero attached hydrogens (tertiary/aromatic N) is 2. The maximum atomic E-state index is 12.9. The molecule has 7 heteroatoms. The Morgan fingerprint density at radius 1 is 0.958 bits per heavy atom. The Hall–Kier alpha value is -2.80. The number of benzene rings is 2. The van der Waals surface area contributed by atoms with Gasteiger partial charge in [0.2, 0.25) is 0 Å². The minimum absolute atomic E-state index is 0.166. The molecule has 3 aromatic rings. The van der Waals surface area contributed by atoms with Crippen molar-refractivity contribution in [3.05, 3.63) is 76.6 Å². The molecule has 0 fully saturated rings. The van der Waals surface area contributed by atoms with Gasteiger partial charge in [-0.05, 0) is 54.6 Å². The zero-order valence-electron chi connectivity index (χ0n) is 12.3. The van der Waals surface area contributed by atoms with Crippen LogP contribution < -0.4 is 10.6 Å². The van der Waals surface area contributed by atoms with Crippen molar-refractivity contribution < 1.29 is 9.18 Å². The van der Waals surface area contributed by atoms with Crippen LogP contribution in [0.15, 0.2) is 65.1 Å². The van der Waals surface area contributed by atoms with Gasteiger partial charge in [-0.15, -0.1) is 10.2 Å². The highest BCUT2D eigenvalue weighted by Crippen LogP contribution is 2.19. The van der Waals surface area contributed by atoms with E-state index in [1.165, 1.54) is 24.3 Å². The lowest BCUT2D eigenvalue weighted by molar-refractivity contribution is 0.102. The topological polar surface area (TPSA) is 66.9 Å². The lowest BCUT2D eigenvalue weighted by Crippen LogP contribution is -2.14. The predicted molar refractivity (Wildman–Crippen MR) is 93.8 cm³/mol. The Morgan fingerprint density at radius 3 is 2.42 bits per heavy atom. The van der Waals surface area contributed by atoms with Gasteiger partial charge in [-0.3, -0.25) is 4.79 Å². The average Bonchev–Trinajstić information content (AvgIpc) is 2.57. The number of carbonyl (C=O) groups is 1. The lowest BCUT2D eigenvalue weighted by atomic mass is 10.3. The van der Waals surface area contributed by atoms with Crippen molar-refractivity contribution in [2.75, 3.05) is 10.6 Å². The molecule has 3 rings (SSSR count). The van der Waals surface area contributed by atoms with Crippen molar-refractivity contribution in [3.8, 4) is 0 Å². The van der Waals surface area contributed by atoms with Crippen LogP contribution in [0.2, 0.25) is 0 Å². The molecule has 0 radical (unpaired) electrons. The molecule has 5 nitrogen and oxygen atoms in total. The van der Waals surface area contributed by atoms with E-state index in [1.54, 1.807) is 12.1 Å². The van der Waals surface area contributed by atoms with Gasteiger partial charge in [0.1, 0.15) is 5.82 Å². The van der Waals surface area contributed by atoms with Gasteiger partial charge in [0.25, 0.3) is 5.91 Å². The second kappa shape index (κ2) is 7.18. The first-order valence-corrected chi connectivity index (χ1v) is 7.83. The number of halogens is 2. The smallest absolute Gasteiger partial charge is 0.276 e. The third kappa shape index (κ3) is 4.14. The molecule has 0 unspecified atom stereocenters. The van der Waals surface area contributed by atoms with E-state index in [2.05, 4.69) is 36.8 Å². The second-order valence-electron chi connectivity index (χ2n) is 4.90. The highest BCUT2D eigenvalue weighted by Gasteiger charge is 2.09. The Bertz CT molecular complexity index is 853. The van der Waals surface area contributed by atoms with E-state index in [0.29, 0.717) is 11.5 Å². The third-order valence-corrected chi connectivity index (χ3v) is 3.59. The highest BCUT2D eigenvalue weighted by molar-refractivity contribution is 9.10. The van der Waals surface area contributed by atoms with Crippen molar-refractivity contribution in [2.24, 2.45) is 0 Å². The van der Waals surface area contributed by atoms with Crippen LogP contribution in [0.3, 0.4) is 0 Å². The molecule has 0 spiro atoms. The number of hydrogen-bond acceptors (Lipinski definition) is 4. The molecule has 0 atom stereocenters. The predicted octanol–water partition coefficient (Wildman–Crippen LogP) is 4.37. The molecular weight excluding hydrogens is 375 g/mol. The quantitative estimate of drug-likeness (QED) is 0.698. The van der Waals surface area contributed by atoms with Gasteiger partial charge in [0, 0.05) is 15.8 Å². The summed E-state index contributed by atoms with van der Waals surface area (Å²) in [4.78, 5) is 12.1. The fourth-order valence-electron chi connectivity index (χ4n) is 1.96. The molecule has 0 aliphatic rings. The van der Waals surface area contributed by atoms with E-state index in [9.17, 15) is 9.18 Å². The van der Waals surface area contributed by atoms with E-state index in [1.807, 2.05) is 24.3 Å². The normalized spacial score (nSPS) is 10.2. The van der Waals surface area contributed by atoms with Crippen LogP contribution in [0, 0.1) is 5.82 Å². The number of aromatic nitrogens is 2. The van der Waals surface area contributed by atoms with Gasteiger partial charge < -0.3 is 10.6 Å². The Kier molecular flexibility index (Phi) is 4.81. The molecule has 0 bridgehead atoms. The second-order valence-corrected chi connectivity index (χ2v) is 5.82. The van der Waals surface area contributed by atoms with Crippen molar-refractivity contribution in [1.29, 1.82) is 0 Å². The van der Waals surface area contributed by atoms with Crippen LogP contribution in [0.5, 0.6) is 0 Å². The standard InChI is InChI=1S/C17H12BrFN4O/c18-11-2-1-3-14(10-11)20-16-9-8-15(22-23-16)17(24)21-13-6-4-12(19)5-7-13/h1-10H,(H,20,23)(H,21,24). The number of anilines is 3. The molecule has 0 saturated carbocycles. The molecule has 24 heavy (non-hydrogen) atoms. The number of carbonyl (C=O) groups excluding carboxylic acids is 1. The molecule has 1 amide bonds. The maximum Gasteiger partial charge on any atom is 0.276 e. The van der Waals surface area contributed by atoms with E-state index in [4.69, 9.17) is 0 Å². The van der Waals surface area contributed by atoms with E-state index in [-0.39, 0.29) is 11.5 Å². The van der Waals surface area contributed by atoms with Crippen molar-refractivity contribution in [3.63, 3.8) is 0 Å². The third-order valence-electron chi connectivity index (χ3n) is 3.10.